The van der Waals surface area contributed by atoms with Gasteiger partial charge in [0.15, 0.2) is 6.19 Å². The standard InChI is InChI=1S/C25H26FN9O2/c1-16(32-19-4-7-34(15-28)8-5-19)25(33-29)17-10-23-31-14-20(12-27)35(23)24(11-17)37-22(6-9-36)21-3-2-18(26)13-30-21/h2-3,10-11,13-14,19,22,36H,4-9,29H2,1H3/b32-16?,33-25+. The fraction of sp³-hybridized carbons (Fsp3) is 0.360. The van der Waals surface area contributed by atoms with Crippen molar-refractivity contribution in [3.05, 3.63) is 59.4 Å². The van der Waals surface area contributed by atoms with Crippen molar-refractivity contribution in [1.29, 1.82) is 10.5 Å². The van der Waals surface area contributed by atoms with E-state index in [1.54, 1.807) is 17.0 Å². The number of hydrogen-bond acceptors (Lipinski definition) is 10. The van der Waals surface area contributed by atoms with Crippen LogP contribution in [-0.4, -0.2) is 61.5 Å². The van der Waals surface area contributed by atoms with E-state index in [2.05, 4.69) is 27.3 Å². The molecule has 3 aromatic rings. The third kappa shape index (κ3) is 5.66. The monoisotopic (exact) mass is 503 g/mol. The van der Waals surface area contributed by atoms with Crippen molar-refractivity contribution in [2.24, 2.45) is 15.9 Å². The van der Waals surface area contributed by atoms with Gasteiger partial charge in [-0.05, 0) is 38.0 Å². The topological polar surface area (TPSA) is 161 Å². The largest absolute Gasteiger partial charge is 0.469 e. The molecule has 3 N–H and O–H groups in total. The zero-order valence-corrected chi connectivity index (χ0v) is 20.2. The Morgan fingerprint density at radius 2 is 2.05 bits per heavy atom. The van der Waals surface area contributed by atoms with Crippen LogP contribution in [0, 0.1) is 28.6 Å². The molecule has 0 bridgehead atoms. The van der Waals surface area contributed by atoms with E-state index in [4.69, 9.17) is 20.8 Å². The first-order valence-corrected chi connectivity index (χ1v) is 11.8. The minimum Gasteiger partial charge on any atom is -0.469 e. The van der Waals surface area contributed by atoms with E-state index in [9.17, 15) is 14.8 Å². The maximum atomic E-state index is 13.4. The highest BCUT2D eigenvalue weighted by atomic mass is 19.1. The SMILES string of the molecule is CC(=NC1CCN(C#N)CC1)/C(=N\N)c1cc(OC(CCO)c2ccc(F)cn2)n2c(C#N)cnc2c1. The van der Waals surface area contributed by atoms with E-state index in [0.717, 1.165) is 19.0 Å². The Morgan fingerprint density at radius 1 is 1.27 bits per heavy atom. The molecule has 3 aromatic heterocycles. The van der Waals surface area contributed by atoms with E-state index in [1.807, 2.05) is 6.92 Å². The lowest BCUT2D eigenvalue weighted by Crippen LogP contribution is -2.32. The fourth-order valence-electron chi connectivity index (χ4n) is 4.29. The molecule has 0 spiro atoms. The van der Waals surface area contributed by atoms with Crippen molar-refractivity contribution in [2.75, 3.05) is 19.7 Å². The Hall–Kier alpha value is -4.55. The summed E-state index contributed by atoms with van der Waals surface area (Å²) in [6.07, 6.45) is 5.61. The second-order valence-electron chi connectivity index (χ2n) is 8.56. The number of ether oxygens (including phenoxy) is 1. The maximum Gasteiger partial charge on any atom is 0.201 e. The number of aliphatic hydroxyl groups excluding tert-OH is 1. The summed E-state index contributed by atoms with van der Waals surface area (Å²) < 4.78 is 21.2. The van der Waals surface area contributed by atoms with Crippen molar-refractivity contribution in [1.82, 2.24) is 19.3 Å². The molecule has 12 heteroatoms. The van der Waals surface area contributed by atoms with Crippen LogP contribution >= 0.6 is 0 Å². The molecular weight excluding hydrogens is 477 g/mol. The first kappa shape index (κ1) is 25.5. The molecule has 1 fully saturated rings. The summed E-state index contributed by atoms with van der Waals surface area (Å²) in [6.45, 7) is 2.90. The van der Waals surface area contributed by atoms with Crippen LogP contribution in [0.15, 0.2) is 46.8 Å². The smallest absolute Gasteiger partial charge is 0.201 e. The van der Waals surface area contributed by atoms with E-state index in [-0.39, 0.29) is 30.6 Å². The van der Waals surface area contributed by atoms with Gasteiger partial charge in [0.05, 0.1) is 29.8 Å². The Balaban J connectivity index is 1.72. The molecule has 37 heavy (non-hydrogen) atoms. The van der Waals surface area contributed by atoms with Crippen molar-refractivity contribution < 1.29 is 14.2 Å². The number of likely N-dealkylation sites (tertiary alicyclic amines) is 1. The highest BCUT2D eigenvalue weighted by Crippen LogP contribution is 2.28. The summed E-state index contributed by atoms with van der Waals surface area (Å²) in [6, 6.07) is 8.28. The molecule has 0 amide bonds. The number of aliphatic imine (C=N–C) groups is 1. The van der Waals surface area contributed by atoms with Gasteiger partial charge in [0.2, 0.25) is 5.88 Å². The molecule has 4 heterocycles. The van der Waals surface area contributed by atoms with Gasteiger partial charge in [-0.15, -0.1) is 0 Å². The van der Waals surface area contributed by atoms with Gasteiger partial charge < -0.3 is 20.6 Å². The van der Waals surface area contributed by atoms with Crippen molar-refractivity contribution >= 4 is 17.1 Å². The van der Waals surface area contributed by atoms with Crippen LogP contribution in [0.4, 0.5) is 4.39 Å². The quantitative estimate of drug-likeness (QED) is 0.205. The number of imidazole rings is 1. The predicted octanol–water partition coefficient (Wildman–Crippen LogP) is 2.31. The van der Waals surface area contributed by atoms with E-state index in [1.165, 1.54) is 22.7 Å². The number of fused-ring (bicyclic) bond motifs is 1. The molecule has 1 aliphatic heterocycles. The number of pyridine rings is 2. The summed E-state index contributed by atoms with van der Waals surface area (Å²) >= 11 is 0. The number of nitriles is 2. The third-order valence-electron chi connectivity index (χ3n) is 6.15. The van der Waals surface area contributed by atoms with Gasteiger partial charge in [-0.1, -0.05) is 0 Å². The Morgan fingerprint density at radius 3 is 2.68 bits per heavy atom. The highest BCUT2D eigenvalue weighted by Gasteiger charge is 2.22. The van der Waals surface area contributed by atoms with Crippen molar-refractivity contribution in [3.63, 3.8) is 0 Å². The molecule has 190 valence electrons. The number of halogens is 1. The molecule has 11 nitrogen and oxygen atoms in total. The molecule has 0 radical (unpaired) electrons. The first-order valence-electron chi connectivity index (χ1n) is 11.8. The van der Waals surface area contributed by atoms with Gasteiger partial charge in [0.1, 0.15) is 35.0 Å². The van der Waals surface area contributed by atoms with Crippen LogP contribution in [0.3, 0.4) is 0 Å². The zero-order chi connectivity index (χ0) is 26.4. The second-order valence-corrected chi connectivity index (χ2v) is 8.56. The minimum absolute atomic E-state index is 0.0379. The number of nitrogens with zero attached hydrogens (tertiary/aromatic N) is 8. The minimum atomic E-state index is -0.726. The van der Waals surface area contributed by atoms with Gasteiger partial charge in [-0.3, -0.25) is 14.4 Å². The molecule has 0 aromatic carbocycles. The summed E-state index contributed by atoms with van der Waals surface area (Å²) in [7, 11) is 0. The number of hydrazone groups is 1. The Bertz CT molecular complexity index is 1390. The van der Waals surface area contributed by atoms with Crippen molar-refractivity contribution in [2.45, 2.75) is 38.3 Å². The van der Waals surface area contributed by atoms with Crippen LogP contribution in [0.25, 0.3) is 5.65 Å². The Labute approximate surface area is 213 Å². The molecule has 1 atom stereocenters. The number of piperidine rings is 1. The highest BCUT2D eigenvalue weighted by molar-refractivity contribution is 6.47. The van der Waals surface area contributed by atoms with Crippen LogP contribution in [-0.2, 0) is 0 Å². The number of aromatic nitrogens is 3. The van der Waals surface area contributed by atoms with Crippen LogP contribution < -0.4 is 10.6 Å². The fourth-order valence-corrected chi connectivity index (χ4v) is 4.29. The first-order chi connectivity index (χ1) is 18.0. The summed E-state index contributed by atoms with van der Waals surface area (Å²) in [5.41, 5.74) is 2.71. The summed E-state index contributed by atoms with van der Waals surface area (Å²) in [4.78, 5) is 14.9. The van der Waals surface area contributed by atoms with Crippen LogP contribution in [0.2, 0.25) is 0 Å². The second kappa shape index (κ2) is 11.5. The maximum absolute atomic E-state index is 13.4. The number of aliphatic hydroxyl groups is 1. The number of rotatable bonds is 8. The predicted molar refractivity (Wildman–Crippen MR) is 133 cm³/mol. The van der Waals surface area contributed by atoms with Gasteiger partial charge >= 0.3 is 0 Å². The molecule has 1 aliphatic rings. The van der Waals surface area contributed by atoms with Gasteiger partial charge in [-0.2, -0.15) is 15.6 Å². The summed E-state index contributed by atoms with van der Waals surface area (Å²) in [5, 5.41) is 32.3. The average molecular weight is 504 g/mol. The van der Waals surface area contributed by atoms with E-state index >= 15 is 0 Å². The molecule has 0 saturated carbocycles. The van der Waals surface area contributed by atoms with Gasteiger partial charge in [0, 0.05) is 37.7 Å². The average Bonchev–Trinajstić information content (AvgIpc) is 3.33. The van der Waals surface area contributed by atoms with Crippen LogP contribution in [0.5, 0.6) is 5.88 Å². The molecule has 0 aliphatic carbocycles. The van der Waals surface area contributed by atoms with Crippen LogP contribution in [0.1, 0.15) is 49.2 Å². The lowest BCUT2D eigenvalue weighted by molar-refractivity contribution is 0.145. The normalized spacial score (nSPS) is 15.9. The summed E-state index contributed by atoms with van der Waals surface area (Å²) in [5.74, 6) is 5.55. The number of hydrogen-bond donors (Lipinski definition) is 2. The molecule has 1 saturated heterocycles. The Kier molecular flexibility index (Phi) is 7.91. The van der Waals surface area contributed by atoms with Crippen molar-refractivity contribution in [3.8, 4) is 18.1 Å². The van der Waals surface area contributed by atoms with E-state index in [0.29, 0.717) is 41.4 Å². The molecule has 1 unspecified atom stereocenters. The molecular formula is C25H26FN9O2. The molecule has 4 rings (SSSR count). The van der Waals surface area contributed by atoms with E-state index < -0.39 is 11.9 Å². The lowest BCUT2D eigenvalue weighted by Gasteiger charge is -2.26. The third-order valence-corrected chi connectivity index (χ3v) is 6.15. The zero-order valence-electron chi connectivity index (χ0n) is 20.2. The number of nitrogens with two attached hydrogens (primary N) is 1. The van der Waals surface area contributed by atoms with Gasteiger partial charge in [-0.25, -0.2) is 9.37 Å². The van der Waals surface area contributed by atoms with Gasteiger partial charge in [0.25, 0.3) is 0 Å². The lowest BCUT2D eigenvalue weighted by atomic mass is 10.0.